The highest BCUT2D eigenvalue weighted by Gasteiger charge is 2.16. The van der Waals surface area contributed by atoms with Gasteiger partial charge in [0.2, 0.25) is 5.91 Å². The number of aryl methyl sites for hydroxylation is 2. The molecular weight excluding hydrogens is 413 g/mol. The molecule has 3 rings (SSSR count). The molecule has 154 valence electrons. The van der Waals surface area contributed by atoms with Crippen LogP contribution in [0.5, 0.6) is 0 Å². The van der Waals surface area contributed by atoms with Gasteiger partial charge in [0, 0.05) is 48.7 Å². The van der Waals surface area contributed by atoms with Crippen LogP contribution in [0.3, 0.4) is 0 Å². The van der Waals surface area contributed by atoms with Crippen LogP contribution in [0, 0.1) is 13.8 Å². The summed E-state index contributed by atoms with van der Waals surface area (Å²) >= 11 is 12.3. The Hall–Kier alpha value is -2.22. The third kappa shape index (κ3) is 5.04. The molecule has 1 aromatic carbocycles. The summed E-state index contributed by atoms with van der Waals surface area (Å²) in [5, 5.41) is 8.50. The maximum Gasteiger partial charge on any atom is 0.253 e. The quantitative estimate of drug-likeness (QED) is 0.544. The second-order valence-corrected chi connectivity index (χ2v) is 7.57. The second-order valence-electron chi connectivity index (χ2n) is 6.73. The molecule has 0 aliphatic carbocycles. The van der Waals surface area contributed by atoms with Gasteiger partial charge in [-0.3, -0.25) is 4.79 Å². The van der Waals surface area contributed by atoms with Gasteiger partial charge in [-0.25, -0.2) is 9.50 Å². The first-order valence-corrected chi connectivity index (χ1v) is 10.1. The number of ether oxygens (including phenoxy) is 1. The summed E-state index contributed by atoms with van der Waals surface area (Å²) in [7, 11) is 1.65. The topological polar surface area (TPSA) is 81.4 Å². The molecule has 2 heterocycles. The fourth-order valence-electron chi connectivity index (χ4n) is 3.13. The molecule has 0 spiro atoms. The summed E-state index contributed by atoms with van der Waals surface area (Å²) in [5.74, 6) is 0.982. The van der Waals surface area contributed by atoms with E-state index in [1.165, 1.54) is 0 Å². The van der Waals surface area contributed by atoms with Crippen LogP contribution in [0.25, 0.3) is 17.2 Å². The highest BCUT2D eigenvalue weighted by Crippen LogP contribution is 2.29. The van der Waals surface area contributed by atoms with Crippen molar-refractivity contribution in [1.29, 1.82) is 0 Å². The minimum Gasteiger partial charge on any atom is -0.385 e. The van der Waals surface area contributed by atoms with E-state index < -0.39 is 0 Å². The second kappa shape index (κ2) is 9.52. The number of nitrogens with one attached hydrogen (secondary N) is 1. The molecule has 0 atom stereocenters. The van der Waals surface area contributed by atoms with Gasteiger partial charge in [-0.05, 0) is 50.5 Å². The first-order valence-electron chi connectivity index (χ1n) is 9.34. The van der Waals surface area contributed by atoms with Crippen LogP contribution < -0.4 is 5.32 Å². The molecule has 0 unspecified atom stereocenters. The van der Waals surface area contributed by atoms with Crippen molar-refractivity contribution < 1.29 is 9.53 Å². The van der Waals surface area contributed by atoms with Gasteiger partial charge in [0.05, 0.1) is 5.02 Å². The van der Waals surface area contributed by atoms with Crippen molar-refractivity contribution in [2.45, 2.75) is 33.1 Å². The number of halogens is 2. The molecule has 9 heteroatoms. The van der Waals surface area contributed by atoms with Gasteiger partial charge in [-0.15, -0.1) is 5.10 Å². The largest absolute Gasteiger partial charge is 0.385 e. The van der Waals surface area contributed by atoms with E-state index >= 15 is 0 Å². The van der Waals surface area contributed by atoms with Crippen LogP contribution >= 0.6 is 23.2 Å². The minimum absolute atomic E-state index is 0.00669. The summed E-state index contributed by atoms with van der Waals surface area (Å²) in [6, 6.07) is 5.19. The molecule has 0 saturated heterocycles. The van der Waals surface area contributed by atoms with Crippen LogP contribution in [0.2, 0.25) is 10.0 Å². The molecule has 1 N–H and O–H groups in total. The molecule has 3 aromatic rings. The Morgan fingerprint density at radius 2 is 2.03 bits per heavy atom. The van der Waals surface area contributed by atoms with Crippen molar-refractivity contribution >= 4 is 34.9 Å². The average molecular weight is 436 g/mol. The number of fused-ring (bicyclic) bond motifs is 1. The Bertz CT molecular complexity index is 1040. The third-order valence-electron chi connectivity index (χ3n) is 4.67. The number of aromatic nitrogens is 4. The number of carbonyl (C=O) groups is 1. The van der Waals surface area contributed by atoms with E-state index in [0.29, 0.717) is 53.2 Å². The van der Waals surface area contributed by atoms with Crippen molar-refractivity contribution in [3.05, 3.63) is 45.2 Å². The average Bonchev–Trinajstić information content (AvgIpc) is 3.08. The van der Waals surface area contributed by atoms with Gasteiger partial charge in [-0.2, -0.15) is 4.98 Å². The summed E-state index contributed by atoms with van der Waals surface area (Å²) in [4.78, 5) is 21.2. The number of nitrogens with zero attached hydrogens (tertiary/aromatic N) is 4. The number of rotatable bonds is 8. The molecule has 0 radical (unpaired) electrons. The lowest BCUT2D eigenvalue weighted by Gasteiger charge is -2.10. The lowest BCUT2D eigenvalue weighted by molar-refractivity contribution is -0.121. The van der Waals surface area contributed by atoms with Gasteiger partial charge >= 0.3 is 0 Å². The molecule has 0 aliphatic rings. The molecule has 2 aromatic heterocycles. The highest BCUT2D eigenvalue weighted by atomic mass is 35.5. The number of hydrogen-bond donors (Lipinski definition) is 1. The van der Waals surface area contributed by atoms with Crippen LogP contribution in [0.4, 0.5) is 0 Å². The predicted octanol–water partition coefficient (Wildman–Crippen LogP) is 3.80. The lowest BCUT2D eigenvalue weighted by Crippen LogP contribution is -2.25. The van der Waals surface area contributed by atoms with Gasteiger partial charge in [0.25, 0.3) is 5.78 Å². The Morgan fingerprint density at radius 1 is 1.24 bits per heavy atom. The SMILES string of the molecule is COCCCNC(=O)CCc1c(C)nc2nc(-c3ccc(Cl)cc3Cl)nn2c1C. The van der Waals surface area contributed by atoms with E-state index in [-0.39, 0.29) is 5.91 Å². The summed E-state index contributed by atoms with van der Waals surface area (Å²) in [6.07, 6.45) is 1.75. The first kappa shape index (κ1) is 21.5. The number of benzene rings is 1. The number of hydrogen-bond acceptors (Lipinski definition) is 5. The van der Waals surface area contributed by atoms with Gasteiger partial charge < -0.3 is 10.1 Å². The van der Waals surface area contributed by atoms with E-state index in [2.05, 4.69) is 20.4 Å². The number of amides is 1. The molecule has 0 saturated carbocycles. The van der Waals surface area contributed by atoms with Crippen molar-refractivity contribution in [2.75, 3.05) is 20.3 Å². The van der Waals surface area contributed by atoms with Gasteiger partial charge in [0.1, 0.15) is 0 Å². The van der Waals surface area contributed by atoms with Crippen LogP contribution in [0.15, 0.2) is 18.2 Å². The van der Waals surface area contributed by atoms with E-state index in [4.69, 9.17) is 27.9 Å². The number of carbonyl (C=O) groups excluding carboxylic acids is 1. The minimum atomic E-state index is 0.00669. The van der Waals surface area contributed by atoms with Crippen molar-refractivity contribution in [3.8, 4) is 11.4 Å². The first-order chi connectivity index (χ1) is 13.9. The van der Waals surface area contributed by atoms with Crippen molar-refractivity contribution in [2.24, 2.45) is 0 Å². The smallest absolute Gasteiger partial charge is 0.253 e. The molecule has 0 aliphatic heterocycles. The lowest BCUT2D eigenvalue weighted by atomic mass is 10.1. The zero-order valence-electron chi connectivity index (χ0n) is 16.6. The van der Waals surface area contributed by atoms with Crippen LogP contribution in [0.1, 0.15) is 29.8 Å². The normalized spacial score (nSPS) is 11.2. The zero-order valence-corrected chi connectivity index (χ0v) is 18.1. The third-order valence-corrected chi connectivity index (χ3v) is 5.22. The van der Waals surface area contributed by atoms with E-state index in [1.807, 2.05) is 13.8 Å². The van der Waals surface area contributed by atoms with Crippen molar-refractivity contribution in [3.63, 3.8) is 0 Å². The fraction of sp³-hybridized carbons (Fsp3) is 0.400. The summed E-state index contributed by atoms with van der Waals surface area (Å²) < 4.78 is 6.68. The van der Waals surface area contributed by atoms with E-state index in [1.54, 1.807) is 29.8 Å². The zero-order chi connectivity index (χ0) is 21.0. The Morgan fingerprint density at radius 3 is 2.76 bits per heavy atom. The highest BCUT2D eigenvalue weighted by molar-refractivity contribution is 6.36. The van der Waals surface area contributed by atoms with Crippen molar-refractivity contribution in [1.82, 2.24) is 24.9 Å². The Balaban J connectivity index is 1.80. The number of methoxy groups -OCH3 is 1. The standard InChI is InChI=1S/C20H23Cl2N5O2/c1-12-15(7-8-18(28)23-9-4-10-29-3)13(2)27-20(24-12)25-19(26-27)16-6-5-14(21)11-17(16)22/h5-6,11H,4,7-10H2,1-3H3,(H,23,28). The van der Waals surface area contributed by atoms with Crippen LogP contribution in [-0.2, 0) is 16.0 Å². The van der Waals surface area contributed by atoms with E-state index in [9.17, 15) is 4.79 Å². The van der Waals surface area contributed by atoms with Gasteiger partial charge in [-0.1, -0.05) is 23.2 Å². The predicted molar refractivity (Wildman–Crippen MR) is 114 cm³/mol. The van der Waals surface area contributed by atoms with Crippen LogP contribution in [-0.4, -0.2) is 45.8 Å². The molecule has 1 amide bonds. The maximum absolute atomic E-state index is 12.1. The summed E-state index contributed by atoms with van der Waals surface area (Å²) in [5.41, 5.74) is 3.42. The molecule has 0 bridgehead atoms. The molecule has 0 fully saturated rings. The Labute approximate surface area is 179 Å². The monoisotopic (exact) mass is 435 g/mol. The van der Waals surface area contributed by atoms with Gasteiger partial charge in [0.15, 0.2) is 5.82 Å². The molecule has 29 heavy (non-hydrogen) atoms. The fourth-order valence-corrected chi connectivity index (χ4v) is 3.62. The Kier molecular flexibility index (Phi) is 7.05. The molecular formula is C20H23Cl2N5O2. The summed E-state index contributed by atoms with van der Waals surface area (Å²) in [6.45, 7) is 5.11. The van der Waals surface area contributed by atoms with E-state index in [0.717, 1.165) is 23.4 Å². The molecule has 7 nitrogen and oxygen atoms in total. The maximum atomic E-state index is 12.1.